The number of anilines is 2. The fourth-order valence-electron chi connectivity index (χ4n) is 3.38. The van der Waals surface area contributed by atoms with Crippen LogP contribution >= 0.6 is 11.3 Å². The Morgan fingerprint density at radius 1 is 1.20 bits per heavy atom. The number of hydrogen-bond acceptors (Lipinski definition) is 7. The summed E-state index contributed by atoms with van der Waals surface area (Å²) < 4.78 is 35.9. The number of benzene rings is 1. The molecule has 0 spiro atoms. The molecular weight excluding hydrogens is 428 g/mol. The molecule has 3 rings (SSSR count). The first-order valence-electron chi connectivity index (χ1n) is 9.47. The van der Waals surface area contributed by atoms with Gasteiger partial charge < -0.3 is 14.8 Å². The Hall–Kier alpha value is -2.59. The molecule has 0 atom stereocenters. The van der Waals surface area contributed by atoms with Crippen LogP contribution in [0.15, 0.2) is 24.3 Å². The van der Waals surface area contributed by atoms with E-state index in [4.69, 9.17) is 9.47 Å². The zero-order valence-corrected chi connectivity index (χ0v) is 18.7. The molecule has 0 aliphatic heterocycles. The Bertz CT molecular complexity index is 1040. The third-order valence-electron chi connectivity index (χ3n) is 4.69. The molecule has 10 heteroatoms. The average molecular weight is 453 g/mol. The predicted molar refractivity (Wildman–Crippen MR) is 116 cm³/mol. The van der Waals surface area contributed by atoms with Crippen LogP contribution in [-0.2, 0) is 32.4 Å². The van der Waals surface area contributed by atoms with Crippen molar-refractivity contribution < 1.29 is 27.5 Å². The smallest absolute Gasteiger partial charge is 0.341 e. The van der Waals surface area contributed by atoms with Gasteiger partial charge in [-0.15, -0.1) is 11.3 Å². The van der Waals surface area contributed by atoms with Gasteiger partial charge in [0.2, 0.25) is 15.9 Å². The maximum Gasteiger partial charge on any atom is 0.341 e. The molecule has 1 aromatic carbocycles. The highest BCUT2D eigenvalue weighted by Crippen LogP contribution is 2.39. The van der Waals surface area contributed by atoms with Crippen LogP contribution in [-0.4, -0.2) is 46.8 Å². The molecule has 1 N–H and O–H groups in total. The zero-order chi connectivity index (χ0) is 21.9. The maximum absolute atomic E-state index is 12.7. The SMILES string of the molecule is CCOc1ccc(N(CC(=O)Nc2sc3c(c2C(=O)OC)CCC3)S(C)(=O)=O)cc1. The van der Waals surface area contributed by atoms with E-state index in [1.165, 1.54) is 18.4 Å². The van der Waals surface area contributed by atoms with Crippen molar-refractivity contribution in [3.8, 4) is 5.75 Å². The first-order valence-corrected chi connectivity index (χ1v) is 12.1. The standard InChI is InChI=1S/C20H24N2O6S2/c1-4-28-14-10-8-13(9-11-14)22(30(3,25)26)12-17(23)21-19-18(20(24)27-2)15-6-5-7-16(15)29-19/h8-11H,4-7,12H2,1-3H3,(H,21,23). The van der Waals surface area contributed by atoms with Crippen molar-refractivity contribution in [3.63, 3.8) is 0 Å². The third-order valence-corrected chi connectivity index (χ3v) is 7.03. The van der Waals surface area contributed by atoms with Gasteiger partial charge in [0.05, 0.1) is 31.2 Å². The van der Waals surface area contributed by atoms with Gasteiger partial charge in [0.1, 0.15) is 17.3 Å². The Kier molecular flexibility index (Phi) is 6.67. The van der Waals surface area contributed by atoms with E-state index < -0.39 is 28.4 Å². The Morgan fingerprint density at radius 2 is 1.90 bits per heavy atom. The average Bonchev–Trinajstić information content (AvgIpc) is 3.26. The highest BCUT2D eigenvalue weighted by molar-refractivity contribution is 7.92. The molecule has 8 nitrogen and oxygen atoms in total. The van der Waals surface area contributed by atoms with Crippen LogP contribution in [0.1, 0.15) is 34.1 Å². The molecule has 162 valence electrons. The first kappa shape index (κ1) is 22.1. The van der Waals surface area contributed by atoms with Crippen molar-refractivity contribution in [2.45, 2.75) is 26.2 Å². The van der Waals surface area contributed by atoms with Crippen LogP contribution in [0.2, 0.25) is 0 Å². The van der Waals surface area contributed by atoms with E-state index in [0.717, 1.165) is 40.3 Å². The molecule has 1 aliphatic rings. The van der Waals surface area contributed by atoms with Crippen molar-refractivity contribution >= 4 is 43.9 Å². The molecule has 1 amide bonds. The van der Waals surface area contributed by atoms with Crippen molar-refractivity contribution in [1.29, 1.82) is 0 Å². The van der Waals surface area contributed by atoms with Gasteiger partial charge in [-0.1, -0.05) is 0 Å². The van der Waals surface area contributed by atoms with Gasteiger partial charge >= 0.3 is 5.97 Å². The molecule has 2 aromatic rings. The minimum absolute atomic E-state index is 0.345. The second kappa shape index (κ2) is 9.05. The van der Waals surface area contributed by atoms with Crippen LogP contribution in [0.3, 0.4) is 0 Å². The third kappa shape index (κ3) is 4.76. The summed E-state index contributed by atoms with van der Waals surface area (Å²) in [5, 5.41) is 3.11. The second-order valence-electron chi connectivity index (χ2n) is 6.80. The van der Waals surface area contributed by atoms with Gasteiger partial charge in [0.15, 0.2) is 0 Å². The van der Waals surface area contributed by atoms with Crippen LogP contribution in [0.4, 0.5) is 10.7 Å². The van der Waals surface area contributed by atoms with Gasteiger partial charge in [-0.25, -0.2) is 13.2 Å². The van der Waals surface area contributed by atoms with Crippen LogP contribution < -0.4 is 14.4 Å². The molecule has 1 aliphatic carbocycles. The molecule has 1 heterocycles. The monoisotopic (exact) mass is 452 g/mol. The van der Waals surface area contributed by atoms with E-state index in [1.807, 2.05) is 6.92 Å². The summed E-state index contributed by atoms with van der Waals surface area (Å²) >= 11 is 1.34. The lowest BCUT2D eigenvalue weighted by atomic mass is 10.1. The number of sulfonamides is 1. The normalized spacial score (nSPS) is 12.9. The van der Waals surface area contributed by atoms with Crippen molar-refractivity contribution in [1.82, 2.24) is 0 Å². The van der Waals surface area contributed by atoms with E-state index in [0.29, 0.717) is 28.6 Å². The minimum Gasteiger partial charge on any atom is -0.494 e. The number of rotatable bonds is 8. The summed E-state index contributed by atoms with van der Waals surface area (Å²) in [4.78, 5) is 26.0. The number of carbonyl (C=O) groups excluding carboxylic acids is 2. The number of amides is 1. The minimum atomic E-state index is -3.71. The van der Waals surface area contributed by atoms with E-state index >= 15 is 0 Å². The molecule has 0 saturated carbocycles. The van der Waals surface area contributed by atoms with E-state index in [1.54, 1.807) is 24.3 Å². The number of thiophene rings is 1. The largest absolute Gasteiger partial charge is 0.494 e. The van der Waals surface area contributed by atoms with Gasteiger partial charge in [0, 0.05) is 4.88 Å². The van der Waals surface area contributed by atoms with E-state index in [2.05, 4.69) is 5.32 Å². The van der Waals surface area contributed by atoms with Crippen LogP contribution in [0.25, 0.3) is 0 Å². The fourth-order valence-corrected chi connectivity index (χ4v) is 5.53. The number of ether oxygens (including phenoxy) is 2. The molecule has 30 heavy (non-hydrogen) atoms. The molecule has 0 bridgehead atoms. The topological polar surface area (TPSA) is 102 Å². The summed E-state index contributed by atoms with van der Waals surface area (Å²) in [6, 6.07) is 6.46. The van der Waals surface area contributed by atoms with Crippen molar-refractivity contribution in [2.75, 3.05) is 36.1 Å². The lowest BCUT2D eigenvalue weighted by molar-refractivity contribution is -0.114. The summed E-state index contributed by atoms with van der Waals surface area (Å²) in [5.74, 6) is -0.439. The molecular formula is C20H24N2O6S2. The summed E-state index contributed by atoms with van der Waals surface area (Å²) in [6.45, 7) is 1.92. The Labute approximate surface area is 179 Å². The summed E-state index contributed by atoms with van der Waals surface area (Å²) in [7, 11) is -2.42. The van der Waals surface area contributed by atoms with Gasteiger partial charge in [-0.3, -0.25) is 9.10 Å². The number of hydrogen-bond donors (Lipinski definition) is 1. The fraction of sp³-hybridized carbons (Fsp3) is 0.400. The first-order chi connectivity index (χ1) is 14.2. The quantitative estimate of drug-likeness (QED) is 0.618. The molecule has 0 unspecified atom stereocenters. The molecule has 0 fully saturated rings. The van der Waals surface area contributed by atoms with Crippen molar-refractivity contribution in [3.05, 3.63) is 40.3 Å². The van der Waals surface area contributed by atoms with Crippen LogP contribution in [0.5, 0.6) is 5.75 Å². The predicted octanol–water partition coefficient (Wildman–Crippen LogP) is 2.83. The number of fused-ring (bicyclic) bond motifs is 1. The van der Waals surface area contributed by atoms with E-state index in [-0.39, 0.29) is 0 Å². The number of aryl methyl sites for hydroxylation is 1. The highest BCUT2D eigenvalue weighted by Gasteiger charge is 2.29. The molecule has 0 radical (unpaired) electrons. The summed E-state index contributed by atoms with van der Waals surface area (Å²) in [6.07, 6.45) is 3.60. The van der Waals surface area contributed by atoms with Crippen LogP contribution in [0, 0.1) is 0 Å². The van der Waals surface area contributed by atoms with Gasteiger partial charge in [-0.05, 0) is 56.0 Å². The van der Waals surface area contributed by atoms with E-state index in [9.17, 15) is 18.0 Å². The highest BCUT2D eigenvalue weighted by atomic mass is 32.2. The summed E-state index contributed by atoms with van der Waals surface area (Å²) in [5.41, 5.74) is 1.63. The molecule has 1 aromatic heterocycles. The molecule has 0 saturated heterocycles. The number of methoxy groups -OCH3 is 1. The Morgan fingerprint density at radius 3 is 2.50 bits per heavy atom. The number of nitrogens with zero attached hydrogens (tertiary/aromatic N) is 1. The van der Waals surface area contributed by atoms with Gasteiger partial charge in [-0.2, -0.15) is 0 Å². The number of carbonyl (C=O) groups is 2. The second-order valence-corrected chi connectivity index (χ2v) is 9.81. The maximum atomic E-state index is 12.7. The lowest BCUT2D eigenvalue weighted by Crippen LogP contribution is -2.37. The van der Waals surface area contributed by atoms with Gasteiger partial charge in [0.25, 0.3) is 0 Å². The number of esters is 1. The lowest BCUT2D eigenvalue weighted by Gasteiger charge is -2.22. The number of nitrogens with one attached hydrogen (secondary N) is 1. The zero-order valence-electron chi connectivity index (χ0n) is 17.1. The van der Waals surface area contributed by atoms with Crippen molar-refractivity contribution in [2.24, 2.45) is 0 Å². The Balaban J connectivity index is 1.82.